The van der Waals surface area contributed by atoms with Crippen LogP contribution in [0.3, 0.4) is 0 Å². The van der Waals surface area contributed by atoms with Crippen LogP contribution in [-0.2, 0) is 0 Å². The van der Waals surface area contributed by atoms with Crippen molar-refractivity contribution >= 4 is 17.2 Å². The molecule has 0 saturated carbocycles. The lowest BCUT2D eigenvalue weighted by Crippen LogP contribution is -2.24. The van der Waals surface area contributed by atoms with E-state index in [1.807, 2.05) is 53.2 Å². The number of hydrogen-bond acceptors (Lipinski definition) is 4. The Morgan fingerprint density at radius 3 is 2.79 bits per heavy atom. The van der Waals surface area contributed by atoms with E-state index in [-0.39, 0.29) is 11.9 Å². The lowest BCUT2D eigenvalue weighted by atomic mass is 10.0. The van der Waals surface area contributed by atoms with Gasteiger partial charge >= 0.3 is 0 Å². The van der Waals surface area contributed by atoms with Crippen molar-refractivity contribution in [2.45, 2.75) is 18.9 Å². The molecule has 28 heavy (non-hydrogen) atoms. The van der Waals surface area contributed by atoms with Crippen molar-refractivity contribution in [1.29, 1.82) is 0 Å². The van der Waals surface area contributed by atoms with E-state index in [4.69, 9.17) is 10.8 Å². The van der Waals surface area contributed by atoms with Crippen molar-refractivity contribution in [3.63, 3.8) is 0 Å². The van der Waals surface area contributed by atoms with E-state index >= 15 is 0 Å². The number of nitrogens with two attached hydrogens (primary N) is 1. The van der Waals surface area contributed by atoms with Crippen LogP contribution in [0.1, 0.15) is 24.4 Å². The van der Waals surface area contributed by atoms with Gasteiger partial charge in [-0.05, 0) is 54.8 Å². The smallest absolute Gasteiger partial charge is 0.154 e. The molecule has 1 atom stereocenters. The Morgan fingerprint density at radius 2 is 1.93 bits per heavy atom. The van der Waals surface area contributed by atoms with E-state index < -0.39 is 0 Å². The number of imidazole rings is 1. The fraction of sp³-hybridized carbons (Fsp3) is 0.182. The average molecular weight is 373 g/mol. The maximum atomic E-state index is 13.7. The van der Waals surface area contributed by atoms with Crippen LogP contribution in [0.25, 0.3) is 16.9 Å². The van der Waals surface area contributed by atoms with Crippen LogP contribution in [-0.4, -0.2) is 21.1 Å². The van der Waals surface area contributed by atoms with Crippen LogP contribution in [0.4, 0.5) is 15.9 Å². The molecule has 0 spiro atoms. The molecule has 6 heteroatoms. The van der Waals surface area contributed by atoms with E-state index in [1.165, 1.54) is 6.07 Å². The normalized spacial score (nSPS) is 16.8. The van der Waals surface area contributed by atoms with Gasteiger partial charge in [-0.2, -0.15) is 0 Å². The molecule has 1 aliphatic heterocycles. The molecule has 3 heterocycles. The Morgan fingerprint density at radius 1 is 1.04 bits per heavy atom. The highest BCUT2D eigenvalue weighted by atomic mass is 19.1. The minimum atomic E-state index is -0.202. The maximum Gasteiger partial charge on any atom is 0.154 e. The summed E-state index contributed by atoms with van der Waals surface area (Å²) in [6, 6.07) is 18.7. The van der Waals surface area contributed by atoms with Crippen molar-refractivity contribution < 1.29 is 4.39 Å². The topological polar surface area (TPSA) is 59.5 Å². The second-order valence-electron chi connectivity index (χ2n) is 7.14. The highest BCUT2D eigenvalue weighted by Crippen LogP contribution is 2.35. The monoisotopic (exact) mass is 373 g/mol. The summed E-state index contributed by atoms with van der Waals surface area (Å²) >= 11 is 0. The standard InChI is InChI=1S/C22H20FN5/c23-17-6-1-4-15(12-17)19-8-3-11-27(19)22-10-9-21-25-14-20(28(21)26-22)16-5-2-7-18(24)13-16/h1-2,4-7,9-10,12-14,19H,3,8,11,24H2. The lowest BCUT2D eigenvalue weighted by Gasteiger charge is -2.26. The number of rotatable bonds is 3. The Bertz CT molecular complexity index is 1150. The lowest BCUT2D eigenvalue weighted by molar-refractivity contribution is 0.617. The van der Waals surface area contributed by atoms with Crippen molar-refractivity contribution in [2.24, 2.45) is 0 Å². The fourth-order valence-electron chi connectivity index (χ4n) is 4.01. The zero-order chi connectivity index (χ0) is 19.1. The van der Waals surface area contributed by atoms with E-state index in [2.05, 4.69) is 9.88 Å². The van der Waals surface area contributed by atoms with E-state index in [9.17, 15) is 4.39 Å². The van der Waals surface area contributed by atoms with E-state index in [0.717, 1.165) is 47.7 Å². The Hall–Kier alpha value is -3.41. The first-order chi connectivity index (χ1) is 13.7. The number of nitrogen functional groups attached to an aromatic ring is 1. The molecule has 1 fully saturated rings. The number of fused-ring (bicyclic) bond motifs is 1. The van der Waals surface area contributed by atoms with Gasteiger partial charge in [0.2, 0.25) is 0 Å². The molecule has 1 saturated heterocycles. The molecule has 1 aliphatic rings. The van der Waals surface area contributed by atoms with Gasteiger partial charge < -0.3 is 10.6 Å². The van der Waals surface area contributed by atoms with Crippen molar-refractivity contribution in [1.82, 2.24) is 14.6 Å². The zero-order valence-corrected chi connectivity index (χ0v) is 15.3. The number of aromatic nitrogens is 3. The minimum Gasteiger partial charge on any atom is -0.399 e. The van der Waals surface area contributed by atoms with Gasteiger partial charge in [-0.1, -0.05) is 24.3 Å². The van der Waals surface area contributed by atoms with E-state index in [0.29, 0.717) is 5.69 Å². The molecule has 5 nitrogen and oxygen atoms in total. The predicted molar refractivity (Wildman–Crippen MR) is 109 cm³/mol. The van der Waals surface area contributed by atoms with Gasteiger partial charge in [0.1, 0.15) is 11.6 Å². The van der Waals surface area contributed by atoms with Gasteiger partial charge in [-0.25, -0.2) is 13.9 Å². The summed E-state index contributed by atoms with van der Waals surface area (Å²) in [5.74, 6) is 0.661. The Kier molecular flexibility index (Phi) is 3.97. The molecule has 1 unspecified atom stereocenters. The molecule has 2 aromatic carbocycles. The van der Waals surface area contributed by atoms with Gasteiger partial charge in [-0.3, -0.25) is 0 Å². The second kappa shape index (κ2) is 6.64. The Balaban J connectivity index is 1.57. The largest absolute Gasteiger partial charge is 0.399 e. The first-order valence-electron chi connectivity index (χ1n) is 9.42. The van der Waals surface area contributed by atoms with Gasteiger partial charge in [0, 0.05) is 17.8 Å². The fourth-order valence-corrected chi connectivity index (χ4v) is 4.01. The quantitative estimate of drug-likeness (QED) is 0.539. The molecular weight excluding hydrogens is 353 g/mol. The third kappa shape index (κ3) is 2.87. The van der Waals surface area contributed by atoms with Crippen molar-refractivity contribution in [3.8, 4) is 11.3 Å². The molecule has 4 aromatic rings. The van der Waals surface area contributed by atoms with Gasteiger partial charge in [0.15, 0.2) is 5.65 Å². The summed E-state index contributed by atoms with van der Waals surface area (Å²) in [4.78, 5) is 6.72. The van der Waals surface area contributed by atoms with Crippen molar-refractivity contribution in [3.05, 3.63) is 78.2 Å². The summed E-state index contributed by atoms with van der Waals surface area (Å²) in [5.41, 5.74) is 10.3. The number of anilines is 2. The van der Waals surface area contributed by atoms with Crippen LogP contribution in [0, 0.1) is 5.82 Å². The summed E-state index contributed by atoms with van der Waals surface area (Å²) in [6.45, 7) is 0.891. The minimum absolute atomic E-state index is 0.125. The molecular formula is C22H20FN5. The molecule has 5 rings (SSSR count). The van der Waals surface area contributed by atoms with E-state index in [1.54, 1.807) is 12.1 Å². The van der Waals surface area contributed by atoms with Crippen LogP contribution < -0.4 is 10.6 Å². The molecule has 140 valence electrons. The maximum absolute atomic E-state index is 13.7. The molecule has 2 aromatic heterocycles. The highest BCUT2D eigenvalue weighted by molar-refractivity contribution is 5.67. The van der Waals surface area contributed by atoms with Crippen LogP contribution in [0.2, 0.25) is 0 Å². The Labute approximate surface area is 162 Å². The number of nitrogens with zero attached hydrogens (tertiary/aromatic N) is 4. The first kappa shape index (κ1) is 16.7. The van der Waals surface area contributed by atoms with Gasteiger partial charge in [0.25, 0.3) is 0 Å². The predicted octanol–water partition coefficient (Wildman–Crippen LogP) is 4.46. The summed E-state index contributed by atoms with van der Waals surface area (Å²) < 4.78 is 15.6. The van der Waals surface area contributed by atoms with Crippen molar-refractivity contribution in [2.75, 3.05) is 17.2 Å². The molecule has 0 bridgehead atoms. The number of halogens is 1. The number of benzene rings is 2. The highest BCUT2D eigenvalue weighted by Gasteiger charge is 2.28. The second-order valence-corrected chi connectivity index (χ2v) is 7.14. The molecule has 0 aliphatic carbocycles. The third-order valence-corrected chi connectivity index (χ3v) is 5.31. The summed E-state index contributed by atoms with van der Waals surface area (Å²) in [5, 5.41) is 4.87. The van der Waals surface area contributed by atoms with Crippen LogP contribution >= 0.6 is 0 Å². The van der Waals surface area contributed by atoms with Gasteiger partial charge in [-0.15, -0.1) is 5.10 Å². The molecule has 0 amide bonds. The number of hydrogen-bond donors (Lipinski definition) is 1. The van der Waals surface area contributed by atoms with Crippen LogP contribution in [0.15, 0.2) is 66.9 Å². The molecule has 2 N–H and O–H groups in total. The summed E-state index contributed by atoms with van der Waals surface area (Å²) in [6.07, 6.45) is 3.84. The molecule has 0 radical (unpaired) electrons. The van der Waals surface area contributed by atoms with Gasteiger partial charge in [0.05, 0.1) is 17.9 Å². The average Bonchev–Trinajstić information content (AvgIpc) is 3.34. The SMILES string of the molecule is Nc1cccc(-c2cnc3ccc(N4CCCC4c4cccc(F)c4)nn23)c1. The summed E-state index contributed by atoms with van der Waals surface area (Å²) in [7, 11) is 0. The van der Waals surface area contributed by atoms with Crippen LogP contribution in [0.5, 0.6) is 0 Å². The zero-order valence-electron chi connectivity index (χ0n) is 15.3. The first-order valence-corrected chi connectivity index (χ1v) is 9.42. The third-order valence-electron chi connectivity index (χ3n) is 5.31.